The molecule has 1 aliphatic heterocycles. The minimum atomic E-state index is -1.46. The maximum atomic E-state index is 13.3. The van der Waals surface area contributed by atoms with E-state index in [1.165, 1.54) is 6.20 Å². The van der Waals surface area contributed by atoms with Gasteiger partial charge in [-0.2, -0.15) is 0 Å². The van der Waals surface area contributed by atoms with Gasteiger partial charge in [-0.25, -0.2) is 13.6 Å². The zero-order valence-corrected chi connectivity index (χ0v) is 14.3. The molecule has 3 rings (SSSR count). The molecule has 2 aromatic rings. The van der Waals surface area contributed by atoms with Crippen LogP contribution in [0.3, 0.4) is 0 Å². The van der Waals surface area contributed by atoms with E-state index in [9.17, 15) is 33.4 Å². The molecule has 11 heteroatoms. The number of hydrogen-bond acceptors (Lipinski definition) is 6. The van der Waals surface area contributed by atoms with E-state index in [-0.39, 0.29) is 18.7 Å². The van der Waals surface area contributed by atoms with Gasteiger partial charge in [-0.3, -0.25) is 19.1 Å². The molecule has 1 saturated heterocycles. The number of rotatable bonds is 4. The van der Waals surface area contributed by atoms with Crippen LogP contribution in [0.25, 0.3) is 0 Å². The SMILES string of the molecule is O=C(N[C@@H]1CO[C@H](Cn2ccc(=O)[nH]c2=O)[C@@H](O)[C@H]1O)c1ccc(F)c(F)c1. The third-order valence-corrected chi connectivity index (χ3v) is 4.40. The molecule has 4 atom stereocenters. The first-order valence-corrected chi connectivity index (χ1v) is 8.29. The summed E-state index contributed by atoms with van der Waals surface area (Å²) >= 11 is 0. The van der Waals surface area contributed by atoms with E-state index in [4.69, 9.17) is 4.74 Å². The first-order valence-electron chi connectivity index (χ1n) is 8.29. The van der Waals surface area contributed by atoms with Gasteiger partial charge in [-0.05, 0) is 18.2 Å². The number of aliphatic hydroxyl groups excluding tert-OH is 2. The van der Waals surface area contributed by atoms with Gasteiger partial charge in [0.2, 0.25) is 0 Å². The number of ether oxygens (including phenoxy) is 1. The number of H-pyrrole nitrogens is 1. The van der Waals surface area contributed by atoms with Gasteiger partial charge in [-0.1, -0.05) is 0 Å². The second-order valence-electron chi connectivity index (χ2n) is 6.32. The highest BCUT2D eigenvalue weighted by molar-refractivity contribution is 5.94. The highest BCUT2D eigenvalue weighted by Gasteiger charge is 2.39. The largest absolute Gasteiger partial charge is 0.388 e. The van der Waals surface area contributed by atoms with Gasteiger partial charge in [0.25, 0.3) is 11.5 Å². The van der Waals surface area contributed by atoms with Crippen molar-refractivity contribution in [2.75, 3.05) is 6.61 Å². The average Bonchev–Trinajstić information content (AvgIpc) is 2.65. The molecule has 1 fully saturated rings. The second kappa shape index (κ2) is 8.00. The molecule has 0 saturated carbocycles. The molecule has 9 nitrogen and oxygen atoms in total. The summed E-state index contributed by atoms with van der Waals surface area (Å²) in [6.07, 6.45) is -2.65. The summed E-state index contributed by atoms with van der Waals surface area (Å²) in [6, 6.07) is 2.69. The summed E-state index contributed by atoms with van der Waals surface area (Å²) in [7, 11) is 0. The summed E-state index contributed by atoms with van der Waals surface area (Å²) in [5, 5.41) is 22.9. The van der Waals surface area contributed by atoms with Crippen molar-refractivity contribution in [2.45, 2.75) is 30.9 Å². The molecule has 4 N–H and O–H groups in total. The van der Waals surface area contributed by atoms with Crippen LogP contribution in [-0.4, -0.2) is 56.6 Å². The fourth-order valence-electron chi connectivity index (χ4n) is 2.84. The highest BCUT2D eigenvalue weighted by Crippen LogP contribution is 2.18. The van der Waals surface area contributed by atoms with Crippen LogP contribution in [0, 0.1) is 11.6 Å². The molecule has 0 unspecified atom stereocenters. The van der Waals surface area contributed by atoms with E-state index in [2.05, 4.69) is 10.3 Å². The fraction of sp³-hybridized carbons (Fsp3) is 0.353. The molecule has 150 valence electrons. The van der Waals surface area contributed by atoms with E-state index in [1.54, 1.807) is 0 Å². The molecule has 2 heterocycles. The lowest BCUT2D eigenvalue weighted by Gasteiger charge is -2.38. The number of amides is 1. The molecule has 0 aliphatic carbocycles. The predicted molar refractivity (Wildman–Crippen MR) is 90.7 cm³/mol. The van der Waals surface area contributed by atoms with Crippen molar-refractivity contribution in [1.82, 2.24) is 14.9 Å². The van der Waals surface area contributed by atoms with Crippen molar-refractivity contribution >= 4 is 5.91 Å². The van der Waals surface area contributed by atoms with E-state index >= 15 is 0 Å². The molecular weight excluding hydrogens is 380 g/mol. The number of hydrogen-bond donors (Lipinski definition) is 4. The zero-order chi connectivity index (χ0) is 20.4. The Morgan fingerprint density at radius 2 is 1.96 bits per heavy atom. The van der Waals surface area contributed by atoms with E-state index in [0.29, 0.717) is 6.07 Å². The molecule has 1 amide bonds. The number of nitrogens with one attached hydrogen (secondary N) is 2. The lowest BCUT2D eigenvalue weighted by Crippen LogP contribution is -2.60. The van der Waals surface area contributed by atoms with Crippen LogP contribution in [0.15, 0.2) is 40.1 Å². The van der Waals surface area contributed by atoms with Crippen LogP contribution in [-0.2, 0) is 11.3 Å². The Morgan fingerprint density at radius 3 is 2.64 bits per heavy atom. The van der Waals surface area contributed by atoms with Gasteiger partial charge >= 0.3 is 5.69 Å². The number of benzene rings is 1. The Kier molecular flexibility index (Phi) is 5.68. The maximum absolute atomic E-state index is 13.3. The Bertz CT molecular complexity index is 991. The van der Waals surface area contributed by atoms with E-state index < -0.39 is 53.1 Å². The zero-order valence-electron chi connectivity index (χ0n) is 14.3. The van der Waals surface area contributed by atoms with Crippen molar-refractivity contribution in [2.24, 2.45) is 0 Å². The lowest BCUT2D eigenvalue weighted by molar-refractivity contribution is -0.152. The Balaban J connectivity index is 1.65. The minimum absolute atomic E-state index is 0.141. The van der Waals surface area contributed by atoms with E-state index in [1.807, 2.05) is 0 Å². The van der Waals surface area contributed by atoms with Gasteiger partial charge in [0.15, 0.2) is 11.6 Å². The van der Waals surface area contributed by atoms with Crippen molar-refractivity contribution in [3.63, 3.8) is 0 Å². The van der Waals surface area contributed by atoms with Gasteiger partial charge in [0.05, 0.1) is 19.2 Å². The summed E-state index contributed by atoms with van der Waals surface area (Å²) in [6.45, 7) is -0.339. The van der Waals surface area contributed by atoms with Crippen LogP contribution in [0.5, 0.6) is 0 Å². The topological polar surface area (TPSA) is 134 Å². The number of nitrogens with zero attached hydrogens (tertiary/aromatic N) is 1. The van der Waals surface area contributed by atoms with Crippen LogP contribution < -0.4 is 16.6 Å². The molecule has 28 heavy (non-hydrogen) atoms. The number of carbonyl (C=O) groups is 1. The monoisotopic (exact) mass is 397 g/mol. The summed E-state index contributed by atoms with van der Waals surface area (Å²) in [5.74, 6) is -3.08. The van der Waals surface area contributed by atoms with Crippen molar-refractivity contribution in [1.29, 1.82) is 0 Å². The van der Waals surface area contributed by atoms with Gasteiger partial charge in [0, 0.05) is 17.8 Å². The Hall–Kier alpha value is -2.89. The standard InChI is InChI=1S/C17H17F2N3O6/c18-9-2-1-8(5-10(9)19)16(26)20-11-7-28-12(15(25)14(11)24)6-22-4-3-13(23)21-17(22)27/h1-5,11-12,14-15,24-25H,6-7H2,(H,20,26)(H,21,23,27)/t11-,12-,14+,15-/m1/s1. The molecule has 1 aromatic carbocycles. The quantitative estimate of drug-likeness (QED) is 0.509. The fourth-order valence-corrected chi connectivity index (χ4v) is 2.84. The number of carbonyl (C=O) groups excluding carboxylic acids is 1. The number of aromatic nitrogens is 2. The molecule has 0 bridgehead atoms. The normalized spacial score (nSPS) is 24.7. The third-order valence-electron chi connectivity index (χ3n) is 4.40. The van der Waals surface area contributed by atoms with Gasteiger partial charge in [0.1, 0.15) is 18.3 Å². The maximum Gasteiger partial charge on any atom is 0.328 e. The average molecular weight is 397 g/mol. The van der Waals surface area contributed by atoms with Crippen molar-refractivity contribution < 1.29 is 28.5 Å². The van der Waals surface area contributed by atoms with Crippen LogP contribution in [0.4, 0.5) is 8.78 Å². The Morgan fingerprint density at radius 1 is 1.21 bits per heavy atom. The highest BCUT2D eigenvalue weighted by atomic mass is 19.2. The minimum Gasteiger partial charge on any atom is -0.388 e. The van der Waals surface area contributed by atoms with Gasteiger partial charge in [-0.15, -0.1) is 0 Å². The molecule has 0 radical (unpaired) electrons. The molecular formula is C17H17F2N3O6. The Labute approximate surface area is 156 Å². The van der Waals surface area contributed by atoms with E-state index in [0.717, 1.165) is 22.8 Å². The summed E-state index contributed by atoms with van der Waals surface area (Å²) in [4.78, 5) is 37.0. The predicted octanol–water partition coefficient (Wildman–Crippen LogP) is -1.27. The van der Waals surface area contributed by atoms with Crippen molar-refractivity contribution in [3.05, 3.63) is 68.5 Å². The second-order valence-corrected chi connectivity index (χ2v) is 6.32. The van der Waals surface area contributed by atoms with Crippen molar-refractivity contribution in [3.8, 4) is 0 Å². The van der Waals surface area contributed by atoms with Crippen LogP contribution in [0.2, 0.25) is 0 Å². The number of aromatic amines is 1. The summed E-state index contributed by atoms with van der Waals surface area (Å²) in [5.41, 5.74) is -1.44. The smallest absolute Gasteiger partial charge is 0.328 e. The first-order chi connectivity index (χ1) is 13.3. The summed E-state index contributed by atoms with van der Waals surface area (Å²) < 4.78 is 32.7. The van der Waals surface area contributed by atoms with Crippen LogP contribution >= 0.6 is 0 Å². The van der Waals surface area contributed by atoms with Crippen LogP contribution in [0.1, 0.15) is 10.4 Å². The third kappa shape index (κ3) is 4.16. The lowest BCUT2D eigenvalue weighted by atomic mass is 9.97. The number of aliphatic hydroxyl groups is 2. The molecule has 0 spiro atoms. The van der Waals surface area contributed by atoms with Gasteiger partial charge < -0.3 is 20.3 Å². The number of halogens is 2. The molecule has 1 aromatic heterocycles. The first kappa shape index (κ1) is 19.9. The molecule has 1 aliphatic rings.